The van der Waals surface area contributed by atoms with Gasteiger partial charge in [0.15, 0.2) is 0 Å². The van der Waals surface area contributed by atoms with Crippen molar-refractivity contribution in [2.45, 2.75) is 20.8 Å². The van der Waals surface area contributed by atoms with Crippen LogP contribution in [0.15, 0.2) is 39.9 Å². The van der Waals surface area contributed by atoms with E-state index in [9.17, 15) is 4.79 Å². The topological polar surface area (TPSA) is 63.8 Å². The standard InChI is InChI=1S/C16H18N2O3/c1-4-20-14-7-5-13(6-8-14)10-17-18-16(19)15-9-11(2)21-12(15)3/h5-10H,4H2,1-3H3,(H,18,19)/b17-10+. The number of carbonyl (C=O) groups is 1. The molecule has 110 valence electrons. The van der Waals surface area contributed by atoms with Crippen LogP contribution in [0.25, 0.3) is 0 Å². The van der Waals surface area contributed by atoms with Gasteiger partial charge in [0.2, 0.25) is 0 Å². The molecule has 0 saturated carbocycles. The fraction of sp³-hybridized carbons (Fsp3) is 0.250. The van der Waals surface area contributed by atoms with Crippen LogP contribution >= 0.6 is 0 Å². The van der Waals surface area contributed by atoms with Crippen LogP contribution < -0.4 is 10.2 Å². The Hall–Kier alpha value is -2.56. The highest BCUT2D eigenvalue weighted by molar-refractivity contribution is 5.95. The van der Waals surface area contributed by atoms with Gasteiger partial charge in [-0.25, -0.2) is 5.43 Å². The SMILES string of the molecule is CCOc1ccc(/C=N/NC(=O)c2cc(C)oc2C)cc1. The summed E-state index contributed by atoms with van der Waals surface area (Å²) in [4.78, 5) is 11.9. The third-order valence-electron chi connectivity index (χ3n) is 2.86. The van der Waals surface area contributed by atoms with Crippen LogP contribution in [0.3, 0.4) is 0 Å². The van der Waals surface area contributed by atoms with Crippen LogP contribution in [0.4, 0.5) is 0 Å². The first-order chi connectivity index (χ1) is 10.1. The number of hydrazone groups is 1. The van der Waals surface area contributed by atoms with Gasteiger partial charge >= 0.3 is 0 Å². The minimum absolute atomic E-state index is 0.286. The Morgan fingerprint density at radius 3 is 2.62 bits per heavy atom. The van der Waals surface area contributed by atoms with Crippen LogP contribution in [0, 0.1) is 13.8 Å². The lowest BCUT2D eigenvalue weighted by molar-refractivity contribution is 0.0953. The molecule has 0 unspecified atom stereocenters. The van der Waals surface area contributed by atoms with Gasteiger partial charge in [0.1, 0.15) is 17.3 Å². The number of nitrogens with one attached hydrogen (secondary N) is 1. The number of carbonyl (C=O) groups excluding carboxylic acids is 1. The minimum Gasteiger partial charge on any atom is -0.494 e. The summed E-state index contributed by atoms with van der Waals surface area (Å²) in [6.45, 7) is 6.11. The molecule has 0 aliphatic heterocycles. The minimum atomic E-state index is -0.286. The van der Waals surface area contributed by atoms with E-state index in [4.69, 9.17) is 9.15 Å². The van der Waals surface area contributed by atoms with Gasteiger partial charge in [0.05, 0.1) is 18.4 Å². The summed E-state index contributed by atoms with van der Waals surface area (Å²) in [5.74, 6) is 1.81. The van der Waals surface area contributed by atoms with Gasteiger partial charge in [-0.05, 0) is 56.7 Å². The summed E-state index contributed by atoms with van der Waals surface area (Å²) in [5, 5.41) is 3.94. The zero-order valence-corrected chi connectivity index (χ0v) is 12.3. The van der Waals surface area contributed by atoms with E-state index < -0.39 is 0 Å². The Morgan fingerprint density at radius 2 is 2.05 bits per heavy atom. The van der Waals surface area contributed by atoms with E-state index in [0.29, 0.717) is 23.7 Å². The average Bonchev–Trinajstić information content (AvgIpc) is 2.80. The molecule has 1 amide bonds. The second kappa shape index (κ2) is 6.74. The van der Waals surface area contributed by atoms with Crippen molar-refractivity contribution in [2.24, 2.45) is 5.10 Å². The molecule has 0 spiro atoms. The molecule has 2 aromatic rings. The second-order valence-corrected chi connectivity index (χ2v) is 4.53. The number of hydrogen-bond acceptors (Lipinski definition) is 4. The molecule has 5 heteroatoms. The Bertz CT molecular complexity index is 642. The van der Waals surface area contributed by atoms with E-state index in [1.165, 1.54) is 0 Å². The maximum Gasteiger partial charge on any atom is 0.274 e. The van der Waals surface area contributed by atoms with Crippen LogP contribution in [0.1, 0.15) is 34.4 Å². The monoisotopic (exact) mass is 286 g/mol. The van der Waals surface area contributed by atoms with E-state index in [1.807, 2.05) is 31.2 Å². The normalized spacial score (nSPS) is 10.8. The van der Waals surface area contributed by atoms with Crippen molar-refractivity contribution in [1.82, 2.24) is 5.43 Å². The molecular formula is C16H18N2O3. The van der Waals surface area contributed by atoms with Crippen molar-refractivity contribution in [2.75, 3.05) is 6.61 Å². The van der Waals surface area contributed by atoms with Gasteiger partial charge in [0, 0.05) is 0 Å². The third-order valence-corrected chi connectivity index (χ3v) is 2.86. The summed E-state index contributed by atoms with van der Waals surface area (Å²) in [5.41, 5.74) is 3.85. The summed E-state index contributed by atoms with van der Waals surface area (Å²) < 4.78 is 10.7. The first kappa shape index (κ1) is 14.8. The largest absolute Gasteiger partial charge is 0.494 e. The maximum atomic E-state index is 11.9. The average molecular weight is 286 g/mol. The smallest absolute Gasteiger partial charge is 0.274 e. The maximum absolute atomic E-state index is 11.9. The van der Waals surface area contributed by atoms with Gasteiger partial charge in [0.25, 0.3) is 5.91 Å². The predicted octanol–water partition coefficient (Wildman–Crippen LogP) is 3.06. The Balaban J connectivity index is 1.95. The molecule has 0 saturated heterocycles. The van der Waals surface area contributed by atoms with Crippen molar-refractivity contribution in [3.05, 3.63) is 53.0 Å². The molecule has 0 aliphatic rings. The first-order valence-electron chi connectivity index (χ1n) is 6.73. The number of hydrogen-bond donors (Lipinski definition) is 1. The Labute approximate surface area is 123 Å². The predicted molar refractivity (Wildman–Crippen MR) is 80.9 cm³/mol. The van der Waals surface area contributed by atoms with Gasteiger partial charge in [-0.15, -0.1) is 0 Å². The van der Waals surface area contributed by atoms with E-state index in [0.717, 1.165) is 11.3 Å². The third kappa shape index (κ3) is 3.95. The van der Waals surface area contributed by atoms with Gasteiger partial charge in [-0.1, -0.05) is 0 Å². The van der Waals surface area contributed by atoms with E-state index in [-0.39, 0.29) is 5.91 Å². The fourth-order valence-corrected chi connectivity index (χ4v) is 1.90. The van der Waals surface area contributed by atoms with Gasteiger partial charge in [-0.3, -0.25) is 4.79 Å². The molecule has 1 aromatic carbocycles. The lowest BCUT2D eigenvalue weighted by atomic mass is 10.2. The molecule has 21 heavy (non-hydrogen) atoms. The number of rotatable bonds is 5. The molecular weight excluding hydrogens is 268 g/mol. The molecule has 0 bridgehead atoms. The quantitative estimate of drug-likeness (QED) is 0.678. The zero-order valence-electron chi connectivity index (χ0n) is 12.3. The number of benzene rings is 1. The van der Waals surface area contributed by atoms with Gasteiger partial charge in [-0.2, -0.15) is 5.10 Å². The highest BCUT2D eigenvalue weighted by Gasteiger charge is 2.12. The number of nitrogens with zero attached hydrogens (tertiary/aromatic N) is 1. The Morgan fingerprint density at radius 1 is 1.33 bits per heavy atom. The molecule has 0 radical (unpaired) electrons. The first-order valence-corrected chi connectivity index (χ1v) is 6.73. The molecule has 1 N–H and O–H groups in total. The highest BCUT2D eigenvalue weighted by atomic mass is 16.5. The summed E-state index contributed by atoms with van der Waals surface area (Å²) in [6.07, 6.45) is 1.58. The fourth-order valence-electron chi connectivity index (χ4n) is 1.90. The molecule has 2 rings (SSSR count). The lowest BCUT2D eigenvalue weighted by Crippen LogP contribution is -2.17. The molecule has 5 nitrogen and oxygen atoms in total. The number of aryl methyl sites for hydroxylation is 2. The summed E-state index contributed by atoms with van der Waals surface area (Å²) in [6, 6.07) is 9.14. The molecule has 1 heterocycles. The van der Waals surface area contributed by atoms with E-state index in [2.05, 4.69) is 10.5 Å². The summed E-state index contributed by atoms with van der Waals surface area (Å²) in [7, 11) is 0. The van der Waals surface area contributed by atoms with Crippen LogP contribution in [0.2, 0.25) is 0 Å². The van der Waals surface area contributed by atoms with Crippen LogP contribution in [0.5, 0.6) is 5.75 Å². The zero-order chi connectivity index (χ0) is 15.2. The van der Waals surface area contributed by atoms with Crippen molar-refractivity contribution in [3.8, 4) is 5.75 Å². The van der Waals surface area contributed by atoms with Gasteiger partial charge < -0.3 is 9.15 Å². The van der Waals surface area contributed by atoms with Crippen molar-refractivity contribution < 1.29 is 13.9 Å². The number of furan rings is 1. The van der Waals surface area contributed by atoms with Crippen LogP contribution in [-0.2, 0) is 0 Å². The molecule has 0 fully saturated rings. The molecule has 0 aliphatic carbocycles. The van der Waals surface area contributed by atoms with Crippen molar-refractivity contribution >= 4 is 12.1 Å². The number of ether oxygens (including phenoxy) is 1. The highest BCUT2D eigenvalue weighted by Crippen LogP contribution is 2.13. The second-order valence-electron chi connectivity index (χ2n) is 4.53. The Kier molecular flexibility index (Phi) is 4.77. The van der Waals surface area contributed by atoms with Crippen molar-refractivity contribution in [3.63, 3.8) is 0 Å². The molecule has 1 aromatic heterocycles. The van der Waals surface area contributed by atoms with E-state index >= 15 is 0 Å². The number of amides is 1. The van der Waals surface area contributed by atoms with Crippen molar-refractivity contribution in [1.29, 1.82) is 0 Å². The summed E-state index contributed by atoms with van der Waals surface area (Å²) >= 11 is 0. The lowest BCUT2D eigenvalue weighted by Gasteiger charge is -2.02. The van der Waals surface area contributed by atoms with E-state index in [1.54, 1.807) is 26.1 Å². The van der Waals surface area contributed by atoms with Crippen LogP contribution in [-0.4, -0.2) is 18.7 Å². The molecule has 0 atom stereocenters.